The third kappa shape index (κ3) is 5.42. The van der Waals surface area contributed by atoms with Gasteiger partial charge < -0.3 is 19.1 Å². The molecule has 0 unspecified atom stereocenters. The van der Waals surface area contributed by atoms with Gasteiger partial charge in [-0.2, -0.15) is 11.8 Å². The fourth-order valence-electron chi connectivity index (χ4n) is 3.11. The molecule has 2 heterocycles. The summed E-state index contributed by atoms with van der Waals surface area (Å²) in [6, 6.07) is 7.67. The maximum absolute atomic E-state index is 12.5. The van der Waals surface area contributed by atoms with E-state index in [0.29, 0.717) is 0 Å². The Kier molecular flexibility index (Phi) is 7.22. The third-order valence-electron chi connectivity index (χ3n) is 4.61. The largest absolute Gasteiger partial charge is 0.511 e. The van der Waals surface area contributed by atoms with Gasteiger partial charge in [0.25, 0.3) is 0 Å². The van der Waals surface area contributed by atoms with E-state index >= 15 is 0 Å². The number of thioether (sulfide) groups is 1. The van der Waals surface area contributed by atoms with E-state index in [1.165, 1.54) is 4.57 Å². The molecule has 28 heavy (non-hydrogen) atoms. The van der Waals surface area contributed by atoms with E-state index in [-0.39, 0.29) is 6.10 Å². The number of carbonyl (C=O) groups excluding carboxylic acids is 2. The zero-order valence-electron chi connectivity index (χ0n) is 16.3. The maximum Gasteiger partial charge on any atom is 0.511 e. The molecule has 2 aromatic rings. The highest BCUT2D eigenvalue weighted by molar-refractivity contribution is 7.99. The number of hydrogen-bond donors (Lipinski definition) is 0. The van der Waals surface area contributed by atoms with Crippen LogP contribution >= 0.6 is 11.8 Å². The Morgan fingerprint density at radius 1 is 1.18 bits per heavy atom. The molecule has 152 valence electrons. The standard InChI is InChI=1S/C20H26N2O5S/c1-21(2)10-7-15-13-22(18-6-4-3-5-17(15)18)19(23)25-14-26-20(24)27-16-8-11-28-12-9-16/h3-6,13,16H,7-12,14H2,1-2H3. The van der Waals surface area contributed by atoms with Crippen LogP contribution in [0.1, 0.15) is 18.4 Å². The molecule has 1 fully saturated rings. The SMILES string of the molecule is CN(C)CCc1cn(C(=O)OCOC(=O)OC2CCSCC2)c2ccccc12. The number of rotatable bonds is 6. The summed E-state index contributed by atoms with van der Waals surface area (Å²) in [5.41, 5.74) is 1.83. The second kappa shape index (κ2) is 9.84. The number of hydrogen-bond acceptors (Lipinski definition) is 7. The molecule has 8 heteroatoms. The maximum atomic E-state index is 12.5. The zero-order valence-corrected chi connectivity index (χ0v) is 17.1. The highest BCUT2D eigenvalue weighted by Gasteiger charge is 2.20. The number of carbonyl (C=O) groups is 2. The van der Waals surface area contributed by atoms with Gasteiger partial charge in [-0.3, -0.25) is 4.57 Å². The fourth-order valence-corrected chi connectivity index (χ4v) is 4.17. The molecular formula is C20H26N2O5S. The summed E-state index contributed by atoms with van der Waals surface area (Å²) in [5.74, 6) is 1.95. The molecule has 0 radical (unpaired) electrons. The van der Waals surface area contributed by atoms with Crippen molar-refractivity contribution in [3.8, 4) is 0 Å². The number of aromatic nitrogens is 1. The highest BCUT2D eigenvalue weighted by Crippen LogP contribution is 2.22. The molecule has 0 bridgehead atoms. The van der Waals surface area contributed by atoms with Gasteiger partial charge in [0.15, 0.2) is 0 Å². The van der Waals surface area contributed by atoms with Gasteiger partial charge in [0.1, 0.15) is 6.10 Å². The lowest BCUT2D eigenvalue weighted by molar-refractivity contribution is -0.0304. The molecule has 1 aromatic carbocycles. The van der Waals surface area contributed by atoms with Gasteiger partial charge >= 0.3 is 12.2 Å². The van der Waals surface area contributed by atoms with Crippen molar-refractivity contribution in [1.82, 2.24) is 9.47 Å². The van der Waals surface area contributed by atoms with Gasteiger partial charge in [-0.05, 0) is 56.5 Å². The van der Waals surface area contributed by atoms with Crippen molar-refractivity contribution < 1.29 is 23.8 Å². The predicted octanol–water partition coefficient (Wildman–Crippen LogP) is 3.74. The minimum atomic E-state index is -0.797. The number of likely N-dealkylation sites (N-methyl/N-ethyl adjacent to an activating group) is 1. The van der Waals surface area contributed by atoms with E-state index in [4.69, 9.17) is 14.2 Å². The Hall–Kier alpha value is -2.19. The average Bonchev–Trinajstić information content (AvgIpc) is 3.06. The normalized spacial score (nSPS) is 15.0. The van der Waals surface area contributed by atoms with Crippen LogP contribution in [0.15, 0.2) is 30.5 Å². The molecule has 3 rings (SSSR count). The smallest absolute Gasteiger partial charge is 0.431 e. The monoisotopic (exact) mass is 406 g/mol. The summed E-state index contributed by atoms with van der Waals surface area (Å²) in [4.78, 5) is 26.3. The predicted molar refractivity (Wildman–Crippen MR) is 109 cm³/mol. The highest BCUT2D eigenvalue weighted by atomic mass is 32.2. The van der Waals surface area contributed by atoms with Crippen LogP contribution in [-0.4, -0.2) is 66.8 Å². The van der Waals surface area contributed by atoms with E-state index < -0.39 is 19.0 Å². The summed E-state index contributed by atoms with van der Waals surface area (Å²) in [5, 5.41) is 1.01. The molecule has 1 aliphatic rings. The lowest BCUT2D eigenvalue weighted by Gasteiger charge is -2.20. The summed E-state index contributed by atoms with van der Waals surface area (Å²) in [6.07, 6.45) is 2.75. The molecular weight excluding hydrogens is 380 g/mol. The molecule has 0 N–H and O–H groups in total. The topological polar surface area (TPSA) is 70.0 Å². The van der Waals surface area contributed by atoms with Crippen molar-refractivity contribution in [2.24, 2.45) is 0 Å². The van der Waals surface area contributed by atoms with Crippen LogP contribution in [0.3, 0.4) is 0 Å². The van der Waals surface area contributed by atoms with Crippen LogP contribution in [0, 0.1) is 0 Å². The van der Waals surface area contributed by atoms with Gasteiger partial charge in [0.2, 0.25) is 6.79 Å². The van der Waals surface area contributed by atoms with Crippen molar-refractivity contribution in [1.29, 1.82) is 0 Å². The van der Waals surface area contributed by atoms with Crippen molar-refractivity contribution >= 4 is 34.9 Å². The molecule has 0 spiro atoms. The summed E-state index contributed by atoms with van der Waals surface area (Å²) >= 11 is 1.85. The van der Waals surface area contributed by atoms with Gasteiger partial charge in [0, 0.05) is 18.1 Å². The fraction of sp³-hybridized carbons (Fsp3) is 0.500. The first-order valence-corrected chi connectivity index (χ1v) is 10.5. The molecule has 0 amide bonds. The average molecular weight is 407 g/mol. The third-order valence-corrected chi connectivity index (χ3v) is 5.66. The number of ether oxygens (including phenoxy) is 3. The van der Waals surface area contributed by atoms with Gasteiger partial charge in [-0.25, -0.2) is 9.59 Å². The second-order valence-electron chi connectivity index (χ2n) is 6.95. The van der Waals surface area contributed by atoms with Crippen LogP contribution in [0.5, 0.6) is 0 Å². The van der Waals surface area contributed by atoms with Crippen LogP contribution in [0.25, 0.3) is 10.9 Å². The number of benzene rings is 1. The molecule has 7 nitrogen and oxygen atoms in total. The van der Waals surface area contributed by atoms with Crippen LogP contribution in [0.4, 0.5) is 9.59 Å². The van der Waals surface area contributed by atoms with E-state index in [1.807, 2.05) is 50.1 Å². The molecule has 1 saturated heterocycles. The molecule has 0 atom stereocenters. The number of para-hydroxylation sites is 1. The van der Waals surface area contributed by atoms with Crippen LogP contribution in [0.2, 0.25) is 0 Å². The Morgan fingerprint density at radius 2 is 1.93 bits per heavy atom. The Labute approximate surface area is 168 Å². The van der Waals surface area contributed by atoms with Gasteiger partial charge in [0.05, 0.1) is 5.52 Å². The van der Waals surface area contributed by atoms with Crippen LogP contribution < -0.4 is 0 Å². The van der Waals surface area contributed by atoms with Gasteiger partial charge in [-0.1, -0.05) is 18.2 Å². The zero-order chi connectivity index (χ0) is 19.9. The number of nitrogens with zero attached hydrogens (tertiary/aromatic N) is 2. The Balaban J connectivity index is 1.56. The minimum absolute atomic E-state index is 0.114. The van der Waals surface area contributed by atoms with Crippen molar-refractivity contribution in [3.05, 3.63) is 36.0 Å². The first-order valence-electron chi connectivity index (χ1n) is 9.36. The van der Waals surface area contributed by atoms with E-state index in [9.17, 15) is 9.59 Å². The number of fused-ring (bicyclic) bond motifs is 1. The van der Waals surface area contributed by atoms with Crippen molar-refractivity contribution in [2.45, 2.75) is 25.4 Å². The molecule has 1 aliphatic heterocycles. The quantitative estimate of drug-likeness (QED) is 0.535. The molecule has 0 saturated carbocycles. The van der Waals surface area contributed by atoms with E-state index in [1.54, 1.807) is 6.20 Å². The Bertz CT molecular complexity index is 814. The van der Waals surface area contributed by atoms with E-state index in [0.717, 1.165) is 53.8 Å². The van der Waals surface area contributed by atoms with Crippen LogP contribution in [-0.2, 0) is 20.6 Å². The van der Waals surface area contributed by atoms with Gasteiger partial charge in [-0.15, -0.1) is 0 Å². The molecule has 0 aliphatic carbocycles. The summed E-state index contributed by atoms with van der Waals surface area (Å²) in [6.45, 7) is 0.399. The lowest BCUT2D eigenvalue weighted by Crippen LogP contribution is -2.24. The minimum Gasteiger partial charge on any atom is -0.431 e. The molecule has 1 aromatic heterocycles. The lowest BCUT2D eigenvalue weighted by atomic mass is 10.1. The second-order valence-corrected chi connectivity index (χ2v) is 8.17. The van der Waals surface area contributed by atoms with E-state index in [2.05, 4.69) is 4.90 Å². The van der Waals surface area contributed by atoms with Crippen molar-refractivity contribution in [3.63, 3.8) is 0 Å². The summed E-state index contributed by atoms with van der Waals surface area (Å²) < 4.78 is 16.7. The first kappa shape index (κ1) is 20.5. The first-order chi connectivity index (χ1) is 13.5. The Morgan fingerprint density at radius 3 is 2.68 bits per heavy atom. The summed E-state index contributed by atoms with van der Waals surface area (Å²) in [7, 11) is 4.02. The van der Waals surface area contributed by atoms with Crippen molar-refractivity contribution in [2.75, 3.05) is 38.9 Å².